The lowest BCUT2D eigenvalue weighted by Crippen LogP contribution is -2.28. The van der Waals surface area contributed by atoms with Gasteiger partial charge in [-0.25, -0.2) is 4.79 Å². The lowest BCUT2D eigenvalue weighted by atomic mass is 9.97. The van der Waals surface area contributed by atoms with Gasteiger partial charge in [-0.15, -0.1) is 0 Å². The summed E-state index contributed by atoms with van der Waals surface area (Å²) in [6.45, 7) is 1.87. The fraction of sp³-hybridized carbons (Fsp3) is 0.364. The molecule has 0 radical (unpaired) electrons. The maximum atomic E-state index is 11.4. The number of phenols is 1. The first-order chi connectivity index (χ1) is 7.13. The number of ether oxygens (including phenoxy) is 2. The zero-order valence-corrected chi connectivity index (χ0v) is 8.56. The molecule has 4 nitrogen and oxygen atoms in total. The molecule has 4 heteroatoms. The van der Waals surface area contributed by atoms with E-state index < -0.39 is 12.1 Å². The third-order valence-electron chi connectivity index (χ3n) is 2.63. The maximum absolute atomic E-state index is 11.4. The van der Waals surface area contributed by atoms with Gasteiger partial charge in [0.05, 0.1) is 7.11 Å². The second-order valence-electron chi connectivity index (χ2n) is 3.57. The summed E-state index contributed by atoms with van der Waals surface area (Å²) in [6, 6.07) is 4.80. The Morgan fingerprint density at radius 2 is 2.27 bits per heavy atom. The van der Waals surface area contributed by atoms with Gasteiger partial charge in [0.25, 0.3) is 0 Å². The van der Waals surface area contributed by atoms with Crippen LogP contribution < -0.4 is 4.74 Å². The summed E-state index contributed by atoms with van der Waals surface area (Å²) in [4.78, 5) is 11.4. The van der Waals surface area contributed by atoms with E-state index in [-0.39, 0.29) is 11.7 Å². The van der Waals surface area contributed by atoms with Gasteiger partial charge in [-0.3, -0.25) is 0 Å². The van der Waals surface area contributed by atoms with E-state index in [0.29, 0.717) is 5.75 Å². The van der Waals surface area contributed by atoms with E-state index in [1.165, 1.54) is 13.2 Å². The van der Waals surface area contributed by atoms with Gasteiger partial charge < -0.3 is 14.6 Å². The van der Waals surface area contributed by atoms with Crippen molar-refractivity contribution in [3.05, 3.63) is 23.8 Å². The van der Waals surface area contributed by atoms with Gasteiger partial charge in [-0.2, -0.15) is 0 Å². The fourth-order valence-electron chi connectivity index (χ4n) is 1.77. The average molecular weight is 208 g/mol. The number of carbonyl (C=O) groups excluding carboxylic acids is 1. The molecule has 1 aliphatic rings. The standard InChI is InChI=1S/C11H12O4/c1-6-8-5-7(12)3-4-9(8)15-10(6)11(13)14-2/h3-6,10,12H,1-2H3. The molecule has 0 saturated heterocycles. The van der Waals surface area contributed by atoms with Gasteiger partial charge in [-0.1, -0.05) is 6.92 Å². The van der Waals surface area contributed by atoms with Crippen molar-refractivity contribution >= 4 is 5.97 Å². The zero-order valence-electron chi connectivity index (χ0n) is 8.56. The molecular formula is C11H12O4. The Hall–Kier alpha value is -1.71. The molecule has 0 spiro atoms. The Morgan fingerprint density at radius 1 is 1.53 bits per heavy atom. The molecule has 1 aromatic rings. The predicted molar refractivity (Wildman–Crippen MR) is 53.0 cm³/mol. The van der Waals surface area contributed by atoms with Crippen LogP contribution in [0.1, 0.15) is 18.4 Å². The third kappa shape index (κ3) is 1.52. The van der Waals surface area contributed by atoms with Crippen molar-refractivity contribution in [1.29, 1.82) is 0 Å². The summed E-state index contributed by atoms with van der Waals surface area (Å²) in [6.07, 6.45) is -0.605. The molecular weight excluding hydrogens is 196 g/mol. The van der Waals surface area contributed by atoms with Gasteiger partial charge in [0, 0.05) is 11.5 Å². The lowest BCUT2D eigenvalue weighted by molar-refractivity contribution is -0.148. The summed E-state index contributed by atoms with van der Waals surface area (Å²) >= 11 is 0. The molecule has 1 heterocycles. The fourth-order valence-corrected chi connectivity index (χ4v) is 1.77. The minimum atomic E-state index is -0.605. The first-order valence-corrected chi connectivity index (χ1v) is 4.71. The summed E-state index contributed by atoms with van der Waals surface area (Å²) in [5.74, 6) is 0.322. The van der Waals surface area contributed by atoms with E-state index in [0.717, 1.165) is 5.56 Å². The van der Waals surface area contributed by atoms with Crippen molar-refractivity contribution in [2.45, 2.75) is 18.9 Å². The summed E-state index contributed by atoms with van der Waals surface area (Å²) in [7, 11) is 1.33. The number of esters is 1. The van der Waals surface area contributed by atoms with Crippen LogP contribution in [-0.2, 0) is 9.53 Å². The van der Waals surface area contributed by atoms with Crippen LogP contribution in [0.2, 0.25) is 0 Å². The molecule has 2 rings (SSSR count). The Labute approximate surface area is 87.4 Å². The first kappa shape index (κ1) is 9.83. The van der Waals surface area contributed by atoms with Crippen LogP contribution in [0.4, 0.5) is 0 Å². The third-order valence-corrected chi connectivity index (χ3v) is 2.63. The molecule has 2 unspecified atom stereocenters. The van der Waals surface area contributed by atoms with Crippen LogP contribution in [0.15, 0.2) is 18.2 Å². The van der Waals surface area contributed by atoms with Crippen molar-refractivity contribution in [3.8, 4) is 11.5 Å². The van der Waals surface area contributed by atoms with Crippen LogP contribution in [0, 0.1) is 0 Å². The Kier molecular flexibility index (Phi) is 2.26. The van der Waals surface area contributed by atoms with Crippen LogP contribution in [0.3, 0.4) is 0 Å². The Morgan fingerprint density at radius 3 is 2.93 bits per heavy atom. The summed E-state index contributed by atoms with van der Waals surface area (Å²) in [5, 5.41) is 9.32. The van der Waals surface area contributed by atoms with Crippen molar-refractivity contribution in [3.63, 3.8) is 0 Å². The van der Waals surface area contributed by atoms with Crippen LogP contribution in [-0.4, -0.2) is 24.3 Å². The largest absolute Gasteiger partial charge is 0.508 e. The zero-order chi connectivity index (χ0) is 11.0. The molecule has 0 fully saturated rings. The highest BCUT2D eigenvalue weighted by Gasteiger charge is 2.37. The molecule has 0 saturated carbocycles. The minimum absolute atomic E-state index is 0.0976. The van der Waals surface area contributed by atoms with Crippen molar-refractivity contribution in [2.75, 3.05) is 7.11 Å². The van der Waals surface area contributed by atoms with E-state index >= 15 is 0 Å². The number of phenolic OH excluding ortho intramolecular Hbond substituents is 1. The second kappa shape index (κ2) is 3.46. The normalized spacial score (nSPS) is 23.1. The molecule has 1 N–H and O–H groups in total. The number of hydrogen-bond acceptors (Lipinski definition) is 4. The molecule has 0 amide bonds. The molecule has 0 aromatic heterocycles. The number of aromatic hydroxyl groups is 1. The lowest BCUT2D eigenvalue weighted by Gasteiger charge is -2.11. The Bertz CT molecular complexity index is 400. The molecule has 1 aromatic carbocycles. The number of benzene rings is 1. The monoisotopic (exact) mass is 208 g/mol. The Balaban J connectivity index is 2.33. The highest BCUT2D eigenvalue weighted by molar-refractivity contribution is 5.78. The van der Waals surface area contributed by atoms with Gasteiger partial charge in [0.15, 0.2) is 0 Å². The van der Waals surface area contributed by atoms with Crippen LogP contribution in [0.25, 0.3) is 0 Å². The summed E-state index contributed by atoms with van der Waals surface area (Å²) in [5.41, 5.74) is 0.838. The average Bonchev–Trinajstić information content (AvgIpc) is 2.55. The second-order valence-corrected chi connectivity index (χ2v) is 3.57. The number of carbonyl (C=O) groups is 1. The van der Waals surface area contributed by atoms with Gasteiger partial charge >= 0.3 is 5.97 Å². The van der Waals surface area contributed by atoms with Crippen molar-refractivity contribution < 1.29 is 19.4 Å². The van der Waals surface area contributed by atoms with Crippen molar-refractivity contribution in [1.82, 2.24) is 0 Å². The molecule has 2 atom stereocenters. The van der Waals surface area contributed by atoms with Crippen molar-refractivity contribution in [2.24, 2.45) is 0 Å². The predicted octanol–water partition coefficient (Wildman–Crippen LogP) is 1.43. The SMILES string of the molecule is COC(=O)C1Oc2ccc(O)cc2C1C. The quantitative estimate of drug-likeness (QED) is 0.709. The number of hydrogen-bond donors (Lipinski definition) is 1. The number of rotatable bonds is 1. The smallest absolute Gasteiger partial charge is 0.347 e. The molecule has 15 heavy (non-hydrogen) atoms. The van der Waals surface area contributed by atoms with E-state index in [1.807, 2.05) is 6.92 Å². The molecule has 0 aliphatic carbocycles. The van der Waals surface area contributed by atoms with E-state index in [1.54, 1.807) is 12.1 Å². The number of fused-ring (bicyclic) bond motifs is 1. The van der Waals surface area contributed by atoms with Crippen LogP contribution in [0.5, 0.6) is 11.5 Å². The van der Waals surface area contributed by atoms with E-state index in [9.17, 15) is 9.90 Å². The molecule has 80 valence electrons. The number of methoxy groups -OCH3 is 1. The topological polar surface area (TPSA) is 55.8 Å². The summed E-state index contributed by atoms with van der Waals surface area (Å²) < 4.78 is 10.1. The van der Waals surface area contributed by atoms with Crippen LogP contribution >= 0.6 is 0 Å². The molecule has 1 aliphatic heterocycles. The highest BCUT2D eigenvalue weighted by atomic mass is 16.6. The highest BCUT2D eigenvalue weighted by Crippen LogP contribution is 2.39. The maximum Gasteiger partial charge on any atom is 0.347 e. The van der Waals surface area contributed by atoms with E-state index in [4.69, 9.17) is 4.74 Å². The van der Waals surface area contributed by atoms with Gasteiger partial charge in [0.1, 0.15) is 11.5 Å². The minimum Gasteiger partial charge on any atom is -0.508 e. The molecule has 0 bridgehead atoms. The van der Waals surface area contributed by atoms with Gasteiger partial charge in [-0.05, 0) is 18.2 Å². The van der Waals surface area contributed by atoms with Gasteiger partial charge in [0.2, 0.25) is 6.10 Å². The van der Waals surface area contributed by atoms with E-state index in [2.05, 4.69) is 4.74 Å². The first-order valence-electron chi connectivity index (χ1n) is 4.71.